The van der Waals surface area contributed by atoms with E-state index in [1.165, 1.54) is 18.9 Å². The third-order valence-electron chi connectivity index (χ3n) is 4.98. The van der Waals surface area contributed by atoms with Crippen LogP contribution >= 0.6 is 0 Å². The number of hydrogen-bond donors (Lipinski definition) is 0. The number of ether oxygens (including phenoxy) is 1. The molecule has 1 aliphatic rings. The minimum Gasteiger partial charge on any atom is -0.460 e. The van der Waals surface area contributed by atoms with Crippen LogP contribution in [0.2, 0.25) is 0 Å². The average Bonchev–Trinajstić information content (AvgIpc) is 2.40. The van der Waals surface area contributed by atoms with Crippen molar-refractivity contribution >= 4 is 5.97 Å². The first-order valence-electron chi connectivity index (χ1n) is 6.54. The van der Waals surface area contributed by atoms with Crippen LogP contribution in [-0.4, -0.2) is 12.1 Å². The summed E-state index contributed by atoms with van der Waals surface area (Å²) in [6.45, 7) is 14.8. The predicted octanol–water partition coefficient (Wildman–Crippen LogP) is 3.96. The predicted molar refractivity (Wildman–Crippen MR) is 70.7 cm³/mol. The first-order valence-corrected chi connectivity index (χ1v) is 6.54. The lowest BCUT2D eigenvalue weighted by Crippen LogP contribution is -2.33. The van der Waals surface area contributed by atoms with Gasteiger partial charge in [-0.3, -0.25) is 0 Å². The van der Waals surface area contributed by atoms with Gasteiger partial charge in [0.15, 0.2) is 0 Å². The Balaban J connectivity index is 2.59. The molecule has 0 aromatic heterocycles. The molecule has 0 unspecified atom stereocenters. The summed E-state index contributed by atoms with van der Waals surface area (Å²) in [4.78, 5) is 11.1. The lowest BCUT2D eigenvalue weighted by molar-refractivity contribution is -0.143. The van der Waals surface area contributed by atoms with Crippen molar-refractivity contribution in [1.29, 1.82) is 0 Å². The molecule has 0 amide bonds. The van der Waals surface area contributed by atoms with Crippen LogP contribution in [0.4, 0.5) is 0 Å². The molecular weight excluding hydrogens is 212 g/mol. The summed E-state index contributed by atoms with van der Waals surface area (Å²) in [6.07, 6.45) is 4.66. The van der Waals surface area contributed by atoms with Gasteiger partial charge in [-0.25, -0.2) is 4.79 Å². The molecule has 0 N–H and O–H groups in total. The fraction of sp³-hybridized carbons (Fsp3) is 0.800. The van der Waals surface area contributed by atoms with E-state index in [2.05, 4.69) is 34.3 Å². The summed E-state index contributed by atoms with van der Waals surface area (Å²) in [5.41, 5.74) is 0.682. The molecule has 2 heteroatoms. The Hall–Kier alpha value is -0.790. The highest BCUT2D eigenvalue weighted by Gasteiger charge is 2.48. The minimum absolute atomic E-state index is 0.0151. The molecule has 0 spiro atoms. The Labute approximate surface area is 105 Å². The van der Waals surface area contributed by atoms with Crippen molar-refractivity contribution in [1.82, 2.24) is 0 Å². The van der Waals surface area contributed by atoms with E-state index in [9.17, 15) is 4.79 Å². The zero-order chi connectivity index (χ0) is 13.3. The highest BCUT2D eigenvalue weighted by Crippen LogP contribution is 2.56. The van der Waals surface area contributed by atoms with Crippen LogP contribution in [0.25, 0.3) is 0 Å². The third kappa shape index (κ3) is 2.91. The van der Waals surface area contributed by atoms with E-state index in [1.54, 1.807) is 0 Å². The second kappa shape index (κ2) is 4.83. The fourth-order valence-corrected chi connectivity index (χ4v) is 2.88. The molecule has 0 heterocycles. The molecule has 1 fully saturated rings. The Kier molecular flexibility index (Phi) is 4.06. The topological polar surface area (TPSA) is 26.3 Å². The van der Waals surface area contributed by atoms with Gasteiger partial charge in [0.1, 0.15) is 0 Å². The first-order chi connectivity index (χ1) is 7.70. The van der Waals surface area contributed by atoms with Crippen molar-refractivity contribution in [2.75, 3.05) is 0 Å². The number of hydrogen-bond acceptors (Lipinski definition) is 2. The Bertz CT molecular complexity index is 302. The van der Waals surface area contributed by atoms with Crippen LogP contribution in [0, 0.1) is 16.7 Å². The van der Waals surface area contributed by atoms with Crippen molar-refractivity contribution in [3.63, 3.8) is 0 Å². The van der Waals surface area contributed by atoms with Gasteiger partial charge in [-0.15, -0.1) is 0 Å². The zero-order valence-electron chi connectivity index (χ0n) is 11.9. The highest BCUT2D eigenvalue weighted by molar-refractivity contribution is 5.81. The van der Waals surface area contributed by atoms with Gasteiger partial charge in [0.2, 0.25) is 0 Å². The molecule has 1 saturated carbocycles. The molecule has 2 nitrogen and oxygen atoms in total. The van der Waals surface area contributed by atoms with Gasteiger partial charge < -0.3 is 4.74 Å². The molecule has 0 bridgehead atoms. The lowest BCUT2D eigenvalue weighted by atomic mass is 9.66. The average molecular weight is 238 g/mol. The number of esters is 1. The Morgan fingerprint density at radius 1 is 1.47 bits per heavy atom. The van der Waals surface area contributed by atoms with Crippen LogP contribution in [0.1, 0.15) is 53.9 Å². The summed E-state index contributed by atoms with van der Waals surface area (Å²) in [5.74, 6) is 0.317. The summed E-state index contributed by atoms with van der Waals surface area (Å²) in [5, 5.41) is 0. The highest BCUT2D eigenvalue weighted by atomic mass is 16.5. The van der Waals surface area contributed by atoms with Crippen LogP contribution in [0.5, 0.6) is 0 Å². The fourth-order valence-electron chi connectivity index (χ4n) is 2.88. The molecule has 0 saturated heterocycles. The number of carbonyl (C=O) groups is 1. The monoisotopic (exact) mass is 238 g/mol. The maximum atomic E-state index is 11.1. The molecular formula is C15H26O2. The van der Waals surface area contributed by atoms with Crippen molar-refractivity contribution in [3.8, 4) is 0 Å². The van der Waals surface area contributed by atoms with Crippen molar-refractivity contribution in [2.24, 2.45) is 16.7 Å². The molecule has 0 aromatic carbocycles. The summed E-state index contributed by atoms with van der Waals surface area (Å²) < 4.78 is 5.27. The number of carbonyl (C=O) groups excluding carboxylic acids is 1. The molecule has 17 heavy (non-hydrogen) atoms. The van der Waals surface area contributed by atoms with Gasteiger partial charge in [-0.1, -0.05) is 34.3 Å². The normalized spacial score (nSPS) is 27.5. The lowest BCUT2D eigenvalue weighted by Gasteiger charge is -2.40. The second-order valence-corrected chi connectivity index (χ2v) is 6.53. The third-order valence-corrected chi connectivity index (χ3v) is 4.98. The van der Waals surface area contributed by atoms with Gasteiger partial charge in [-0.05, 0) is 42.9 Å². The van der Waals surface area contributed by atoms with Gasteiger partial charge in [-0.2, -0.15) is 0 Å². The van der Waals surface area contributed by atoms with Gasteiger partial charge in [0.05, 0.1) is 6.10 Å². The van der Waals surface area contributed by atoms with Crippen LogP contribution in [0.3, 0.4) is 0 Å². The summed E-state index contributed by atoms with van der Waals surface area (Å²) in [7, 11) is 0. The molecule has 1 aliphatic carbocycles. The van der Waals surface area contributed by atoms with E-state index >= 15 is 0 Å². The van der Waals surface area contributed by atoms with E-state index in [-0.39, 0.29) is 12.1 Å². The standard InChI is InChI=1S/C15H26O2/c1-7-13(16)17-11(2)10-12-8-9-14(3,4)15(12,5)6/h7,11-12H,1,8-10H2,2-6H3/t11-,12-/m0/s1. The summed E-state index contributed by atoms with van der Waals surface area (Å²) >= 11 is 0. The molecule has 98 valence electrons. The van der Waals surface area contributed by atoms with Crippen LogP contribution < -0.4 is 0 Å². The van der Waals surface area contributed by atoms with E-state index in [0.717, 1.165) is 6.42 Å². The smallest absolute Gasteiger partial charge is 0.330 e. The largest absolute Gasteiger partial charge is 0.460 e. The van der Waals surface area contributed by atoms with Crippen molar-refractivity contribution < 1.29 is 9.53 Å². The van der Waals surface area contributed by atoms with Crippen molar-refractivity contribution in [3.05, 3.63) is 12.7 Å². The first kappa shape index (κ1) is 14.3. The molecule has 0 radical (unpaired) electrons. The van der Waals surface area contributed by atoms with E-state index < -0.39 is 0 Å². The maximum absolute atomic E-state index is 11.1. The molecule has 0 aromatic rings. The van der Waals surface area contributed by atoms with Crippen LogP contribution in [-0.2, 0) is 9.53 Å². The van der Waals surface area contributed by atoms with E-state index in [1.807, 2.05) is 6.92 Å². The Morgan fingerprint density at radius 2 is 2.06 bits per heavy atom. The Morgan fingerprint density at radius 3 is 2.47 bits per heavy atom. The van der Waals surface area contributed by atoms with Crippen molar-refractivity contribution in [2.45, 2.75) is 60.0 Å². The summed E-state index contributed by atoms with van der Waals surface area (Å²) in [6, 6.07) is 0. The zero-order valence-corrected chi connectivity index (χ0v) is 11.9. The minimum atomic E-state index is -0.312. The SMILES string of the molecule is C=CC(=O)O[C@@H](C)C[C@@H]1CCC(C)(C)C1(C)C. The molecule has 1 rings (SSSR count). The van der Waals surface area contributed by atoms with Gasteiger partial charge >= 0.3 is 5.97 Å². The number of rotatable bonds is 4. The quantitative estimate of drug-likeness (QED) is 0.547. The van der Waals surface area contributed by atoms with E-state index in [0.29, 0.717) is 16.7 Å². The molecule has 0 aliphatic heterocycles. The maximum Gasteiger partial charge on any atom is 0.330 e. The van der Waals surface area contributed by atoms with Gasteiger partial charge in [0.25, 0.3) is 0 Å². The van der Waals surface area contributed by atoms with E-state index in [4.69, 9.17) is 4.74 Å². The van der Waals surface area contributed by atoms with Gasteiger partial charge in [0, 0.05) is 6.08 Å². The second-order valence-electron chi connectivity index (χ2n) is 6.53. The molecule has 2 atom stereocenters. The van der Waals surface area contributed by atoms with Crippen LogP contribution in [0.15, 0.2) is 12.7 Å².